The first-order valence-electron chi connectivity index (χ1n) is 19.4. The van der Waals surface area contributed by atoms with E-state index in [4.69, 9.17) is 4.98 Å². The predicted molar refractivity (Wildman–Crippen MR) is 277 cm³/mol. The maximum atomic E-state index is 12.9. The highest BCUT2D eigenvalue weighted by atomic mass is 79.9. The highest BCUT2D eigenvalue weighted by molar-refractivity contribution is 9.11. The number of halogens is 5. The molecule has 3 heterocycles. The number of aromatic nitrogens is 1. The van der Waals surface area contributed by atoms with Crippen LogP contribution in [-0.2, 0) is 11.0 Å². The van der Waals surface area contributed by atoms with Crippen LogP contribution in [0.25, 0.3) is 84.4 Å². The molecule has 8 aromatic carbocycles. The number of nitrogens with zero attached hydrogens (tertiary/aromatic N) is 1. The molecule has 0 unspecified atom stereocenters. The zero-order valence-corrected chi connectivity index (χ0v) is 40.3. The third-order valence-corrected chi connectivity index (χ3v) is 14.8. The normalized spacial score (nSPS) is 11.5. The van der Waals surface area contributed by atoms with Crippen molar-refractivity contribution in [2.24, 2.45) is 0 Å². The van der Waals surface area contributed by atoms with Gasteiger partial charge in [0.2, 0.25) is 0 Å². The lowest BCUT2D eigenvalue weighted by atomic mass is 9.92. The summed E-state index contributed by atoms with van der Waals surface area (Å²) in [5.41, 5.74) is 7.32. The minimum atomic E-state index is -3.22. The van der Waals surface area contributed by atoms with Crippen LogP contribution in [0.2, 0.25) is 0 Å². The Morgan fingerprint density at radius 1 is 0.532 bits per heavy atom. The topological polar surface area (TPSA) is 47.0 Å². The number of rotatable bonds is 5. The van der Waals surface area contributed by atoms with E-state index in [0.29, 0.717) is 6.42 Å². The number of ketones is 1. The molecule has 0 saturated carbocycles. The van der Waals surface area contributed by atoms with E-state index in [1.54, 1.807) is 11.3 Å². The minimum Gasteiger partial charge on any atom is -0.294 e. The van der Waals surface area contributed by atoms with Crippen LogP contribution in [0.5, 0.6) is 0 Å². The molecule has 0 radical (unpaired) electrons. The van der Waals surface area contributed by atoms with Crippen LogP contribution in [-0.4, -0.2) is 10.8 Å². The van der Waals surface area contributed by atoms with Gasteiger partial charge < -0.3 is 0 Å². The van der Waals surface area contributed by atoms with Crippen molar-refractivity contribution in [1.29, 1.82) is 0 Å². The van der Waals surface area contributed by atoms with Crippen LogP contribution in [0.3, 0.4) is 0 Å². The van der Waals surface area contributed by atoms with Crippen molar-refractivity contribution in [2.45, 2.75) is 6.42 Å². The number of para-hydroxylation sites is 1. The first-order chi connectivity index (χ1) is 30.0. The molecule has 0 aliphatic heterocycles. The van der Waals surface area contributed by atoms with Gasteiger partial charge in [-0.3, -0.25) is 9.36 Å². The Bertz CT molecular complexity index is 3510. The van der Waals surface area contributed by atoms with E-state index in [2.05, 4.69) is 193 Å². The number of fused-ring (bicyclic) bond motifs is 10. The quantitative estimate of drug-likeness (QED) is 0.0980. The average molecular weight is 1050 g/mol. The monoisotopic (exact) mass is 1050 g/mol. The number of carbonyl (C=O) groups excluding carboxylic acids is 1. The summed E-state index contributed by atoms with van der Waals surface area (Å²) in [7, 11) is 0. The second kappa shape index (κ2) is 18.4. The molecule has 3 nitrogen and oxygen atoms in total. The van der Waals surface area contributed by atoms with Crippen LogP contribution in [0.15, 0.2) is 185 Å². The van der Waals surface area contributed by atoms with E-state index in [1.165, 1.54) is 62.1 Å². The van der Waals surface area contributed by atoms with E-state index < -0.39 is 5.20 Å². The molecule has 0 bridgehead atoms. The third kappa shape index (κ3) is 8.88. The Morgan fingerprint density at radius 3 is 1.74 bits per heavy atom. The summed E-state index contributed by atoms with van der Waals surface area (Å²) >= 11 is 25.1. The van der Waals surface area contributed by atoms with Crippen LogP contribution in [0, 0.1) is 0 Å². The van der Waals surface area contributed by atoms with Crippen molar-refractivity contribution in [2.75, 3.05) is 0 Å². The van der Waals surface area contributed by atoms with E-state index in [-0.39, 0.29) is 5.78 Å². The summed E-state index contributed by atoms with van der Waals surface area (Å²) in [6.07, 6.45) is 0.389. The Hall–Kier alpha value is -4.40. The van der Waals surface area contributed by atoms with E-state index in [1.807, 2.05) is 59.9 Å². The zero-order valence-electron chi connectivity index (χ0n) is 32.4. The third-order valence-electron chi connectivity index (χ3n) is 10.5. The highest BCUT2D eigenvalue weighted by Crippen LogP contribution is 2.61. The van der Waals surface area contributed by atoms with Crippen LogP contribution >= 0.6 is 93.5 Å². The van der Waals surface area contributed by atoms with E-state index in [9.17, 15) is 9.36 Å². The Morgan fingerprint density at radius 2 is 1.06 bits per heavy atom. The molecule has 3 aromatic heterocycles. The maximum absolute atomic E-state index is 12.9. The number of hydrogen-bond acceptors (Lipinski definition) is 5. The van der Waals surface area contributed by atoms with Gasteiger partial charge in [0.1, 0.15) is 0 Å². The number of thiophene rings is 2. The van der Waals surface area contributed by atoms with Gasteiger partial charge in [-0.2, -0.15) is 0 Å². The summed E-state index contributed by atoms with van der Waals surface area (Å²) in [5.74, 6) is 0.140. The number of benzene rings is 8. The maximum Gasteiger partial charge on any atom is 0.339 e. The van der Waals surface area contributed by atoms with Gasteiger partial charge in [-0.05, 0) is 113 Å². The first kappa shape index (κ1) is 42.9. The largest absolute Gasteiger partial charge is 0.339 e. The Balaban J connectivity index is 0.000000143. The molecule has 11 heteroatoms. The molecular weight excluding hydrogens is 1020 g/mol. The fourth-order valence-electron chi connectivity index (χ4n) is 7.96. The van der Waals surface area contributed by atoms with Crippen molar-refractivity contribution in [3.05, 3.63) is 196 Å². The molecule has 0 atom stereocenters. The summed E-state index contributed by atoms with van der Waals surface area (Å²) < 4.78 is 16.9. The molecule has 0 N–H and O–H groups in total. The molecule has 0 saturated heterocycles. The van der Waals surface area contributed by atoms with Crippen LogP contribution < -0.4 is 0 Å². The smallest absolute Gasteiger partial charge is 0.294 e. The van der Waals surface area contributed by atoms with Gasteiger partial charge in [-0.1, -0.05) is 146 Å². The second-order valence-corrected chi connectivity index (χ2v) is 24.8. The van der Waals surface area contributed by atoms with Gasteiger partial charge in [-0.25, -0.2) is 4.98 Å². The molecule has 304 valence electrons. The van der Waals surface area contributed by atoms with E-state index >= 15 is 0 Å². The first-order valence-corrected chi connectivity index (χ1v) is 27.0. The number of Topliss-reactive ketones (excluding diaryl/α,β-unsaturated/α-hetero) is 1. The zero-order chi connectivity index (χ0) is 43.0. The predicted octanol–water partition coefficient (Wildman–Crippen LogP) is 18.9. The van der Waals surface area contributed by atoms with Crippen molar-refractivity contribution in [1.82, 2.24) is 4.98 Å². The lowest BCUT2D eigenvalue weighted by Gasteiger charge is -2.12. The molecule has 62 heavy (non-hydrogen) atoms. The van der Waals surface area contributed by atoms with E-state index in [0.717, 1.165) is 42.4 Å². The van der Waals surface area contributed by atoms with Gasteiger partial charge in [0.15, 0.2) is 5.78 Å². The lowest BCUT2D eigenvalue weighted by molar-refractivity contribution is 0.0993. The molecule has 0 aliphatic carbocycles. The van der Waals surface area contributed by atoms with Gasteiger partial charge in [0, 0.05) is 73.6 Å². The second-order valence-electron chi connectivity index (χ2n) is 14.3. The molecule has 0 spiro atoms. The molecule has 0 aliphatic rings. The highest BCUT2D eigenvalue weighted by Gasteiger charge is 2.19. The van der Waals surface area contributed by atoms with Crippen molar-refractivity contribution < 1.29 is 9.36 Å². The molecule has 0 fully saturated rings. The minimum absolute atomic E-state index is 0.140. The summed E-state index contributed by atoms with van der Waals surface area (Å²) in [6, 6.07) is 60.5. The fourth-order valence-corrected chi connectivity index (χ4v) is 11.5. The van der Waals surface area contributed by atoms with Gasteiger partial charge in [0.25, 0.3) is 0 Å². The summed E-state index contributed by atoms with van der Waals surface area (Å²) in [5, 5.41) is 5.60. The fraction of sp³-hybridized carbons (Fsp3) is 0.0196. The lowest BCUT2D eigenvalue weighted by Crippen LogP contribution is -2.04. The van der Waals surface area contributed by atoms with Crippen molar-refractivity contribution in [3.63, 3.8) is 0 Å². The Kier molecular flexibility index (Phi) is 12.7. The molecule has 0 amide bonds. The SMILES string of the molecule is Brc1cc2c(-c3ccccc3)nc3ccccc3c2c2c1sc1ccccc12.O=C(Cc1ccccc1-c1ccc(Br)c2sc3ccccc3c12)c1ccccc1.O=P(Cl)(Cl)Cl. The average Bonchev–Trinajstić information content (AvgIpc) is 3.88. The summed E-state index contributed by atoms with van der Waals surface area (Å²) in [6.45, 7) is 0. The van der Waals surface area contributed by atoms with Gasteiger partial charge in [0.05, 0.1) is 20.6 Å². The van der Waals surface area contributed by atoms with Crippen molar-refractivity contribution >= 4 is 161 Å². The molecule has 11 aromatic rings. The van der Waals surface area contributed by atoms with Crippen molar-refractivity contribution in [3.8, 4) is 22.4 Å². The van der Waals surface area contributed by atoms with Gasteiger partial charge >= 0.3 is 5.20 Å². The Labute approximate surface area is 396 Å². The molecular formula is C51H31Br2Cl3NO2PS2. The number of pyridine rings is 1. The number of hydrogen-bond donors (Lipinski definition) is 0. The molecule has 11 rings (SSSR count). The number of carbonyl (C=O) groups is 1. The van der Waals surface area contributed by atoms with Crippen LogP contribution in [0.1, 0.15) is 15.9 Å². The summed E-state index contributed by atoms with van der Waals surface area (Å²) in [4.78, 5) is 17.9. The standard InChI is InChI=1S/C26H17BrOS.C25H14BrNS.Cl3OP/c27-22-15-14-20(25-21-12-6-7-13-24(21)29-26(22)25)19-11-5-4-10-18(19)16-23(28)17-8-2-1-3-9-17;26-19-14-18-22(23-17-11-5-7-13-21(17)28-25(19)23)16-10-4-6-12-20(16)27-24(18)15-8-2-1-3-9-15;1-5(2,3)4/h1-15H,16H2;1-14H;. The van der Waals surface area contributed by atoms with Crippen LogP contribution in [0.4, 0.5) is 0 Å². The van der Waals surface area contributed by atoms with Gasteiger partial charge in [-0.15, -0.1) is 22.7 Å².